The zero-order chi connectivity index (χ0) is 13.9. The number of carbonyl (C=O) groups excluding carboxylic acids is 1. The SMILES string of the molecule is COC(=O)C1(c2cc(F)ccc2OC)CCNCC1. The Morgan fingerprint density at radius 1 is 1.32 bits per heavy atom. The van der Waals surface area contributed by atoms with Gasteiger partial charge in [-0.2, -0.15) is 0 Å². The summed E-state index contributed by atoms with van der Waals surface area (Å²) in [5, 5.41) is 3.20. The maximum absolute atomic E-state index is 13.6. The van der Waals surface area contributed by atoms with E-state index >= 15 is 0 Å². The monoisotopic (exact) mass is 267 g/mol. The number of carbonyl (C=O) groups is 1. The van der Waals surface area contributed by atoms with E-state index in [4.69, 9.17) is 9.47 Å². The molecule has 0 unspecified atom stereocenters. The van der Waals surface area contributed by atoms with Gasteiger partial charge in [0.1, 0.15) is 11.6 Å². The molecule has 0 atom stereocenters. The summed E-state index contributed by atoms with van der Waals surface area (Å²) >= 11 is 0. The molecule has 104 valence electrons. The predicted octanol–water partition coefficient (Wildman–Crippen LogP) is 1.63. The molecule has 0 saturated carbocycles. The van der Waals surface area contributed by atoms with Gasteiger partial charge in [-0.05, 0) is 44.1 Å². The Hall–Kier alpha value is -1.62. The van der Waals surface area contributed by atoms with E-state index in [0.29, 0.717) is 37.2 Å². The maximum Gasteiger partial charge on any atom is 0.316 e. The van der Waals surface area contributed by atoms with E-state index in [1.165, 1.54) is 26.4 Å². The molecule has 4 nitrogen and oxygen atoms in total. The quantitative estimate of drug-likeness (QED) is 0.846. The molecule has 0 amide bonds. The lowest BCUT2D eigenvalue weighted by atomic mass is 9.72. The molecule has 1 N–H and O–H groups in total. The summed E-state index contributed by atoms with van der Waals surface area (Å²) < 4.78 is 23.8. The van der Waals surface area contributed by atoms with Crippen LogP contribution in [0.4, 0.5) is 4.39 Å². The Labute approximate surface area is 111 Å². The molecular weight excluding hydrogens is 249 g/mol. The van der Waals surface area contributed by atoms with Crippen molar-refractivity contribution in [3.05, 3.63) is 29.6 Å². The Balaban J connectivity index is 2.54. The van der Waals surface area contributed by atoms with Crippen LogP contribution >= 0.6 is 0 Å². The molecule has 0 bridgehead atoms. The zero-order valence-electron chi connectivity index (χ0n) is 11.2. The van der Waals surface area contributed by atoms with Crippen LogP contribution in [0.2, 0.25) is 0 Å². The van der Waals surface area contributed by atoms with Gasteiger partial charge in [-0.25, -0.2) is 4.39 Å². The number of benzene rings is 1. The number of hydrogen-bond donors (Lipinski definition) is 1. The molecule has 1 saturated heterocycles. The van der Waals surface area contributed by atoms with Crippen LogP contribution < -0.4 is 10.1 Å². The van der Waals surface area contributed by atoms with Crippen LogP contribution in [0, 0.1) is 5.82 Å². The molecule has 0 spiro atoms. The van der Waals surface area contributed by atoms with Gasteiger partial charge in [0.2, 0.25) is 0 Å². The highest BCUT2D eigenvalue weighted by molar-refractivity contribution is 5.84. The minimum absolute atomic E-state index is 0.335. The smallest absolute Gasteiger partial charge is 0.316 e. The number of halogens is 1. The van der Waals surface area contributed by atoms with Crippen molar-refractivity contribution in [2.45, 2.75) is 18.3 Å². The highest BCUT2D eigenvalue weighted by Crippen LogP contribution is 2.40. The fourth-order valence-electron chi connectivity index (χ4n) is 2.69. The number of hydrogen-bond acceptors (Lipinski definition) is 4. The Morgan fingerprint density at radius 2 is 2.00 bits per heavy atom. The van der Waals surface area contributed by atoms with Crippen LogP contribution in [0.3, 0.4) is 0 Å². The van der Waals surface area contributed by atoms with Crippen molar-refractivity contribution in [3.63, 3.8) is 0 Å². The number of methoxy groups -OCH3 is 2. The summed E-state index contributed by atoms with van der Waals surface area (Å²) in [6, 6.07) is 4.26. The average Bonchev–Trinajstić information content (AvgIpc) is 2.47. The van der Waals surface area contributed by atoms with Gasteiger partial charge < -0.3 is 14.8 Å². The van der Waals surface area contributed by atoms with Crippen molar-refractivity contribution in [2.24, 2.45) is 0 Å². The maximum atomic E-state index is 13.6. The number of rotatable bonds is 3. The summed E-state index contributed by atoms with van der Waals surface area (Å²) in [7, 11) is 2.88. The summed E-state index contributed by atoms with van der Waals surface area (Å²) in [6.45, 7) is 1.38. The first-order chi connectivity index (χ1) is 9.14. The number of ether oxygens (including phenoxy) is 2. The first kappa shape index (κ1) is 13.8. The van der Waals surface area contributed by atoms with Crippen molar-refractivity contribution in [3.8, 4) is 5.75 Å². The number of esters is 1. The van der Waals surface area contributed by atoms with Gasteiger partial charge >= 0.3 is 5.97 Å². The fourth-order valence-corrected chi connectivity index (χ4v) is 2.69. The van der Waals surface area contributed by atoms with E-state index in [1.807, 2.05) is 0 Å². The van der Waals surface area contributed by atoms with E-state index in [0.717, 1.165) is 0 Å². The lowest BCUT2D eigenvalue weighted by Gasteiger charge is -2.36. The normalized spacial score (nSPS) is 17.8. The lowest BCUT2D eigenvalue weighted by Crippen LogP contribution is -2.46. The third kappa shape index (κ3) is 2.42. The molecule has 1 aromatic carbocycles. The molecule has 2 rings (SSSR count). The highest BCUT2D eigenvalue weighted by atomic mass is 19.1. The average molecular weight is 267 g/mol. The van der Waals surface area contributed by atoms with E-state index < -0.39 is 5.41 Å². The van der Waals surface area contributed by atoms with Gasteiger partial charge in [0.15, 0.2) is 0 Å². The van der Waals surface area contributed by atoms with Crippen LogP contribution in [-0.4, -0.2) is 33.3 Å². The van der Waals surface area contributed by atoms with Gasteiger partial charge in [0.05, 0.1) is 19.6 Å². The fraction of sp³-hybridized carbons (Fsp3) is 0.500. The Bertz CT molecular complexity index is 470. The predicted molar refractivity (Wildman–Crippen MR) is 68.7 cm³/mol. The molecule has 19 heavy (non-hydrogen) atoms. The van der Waals surface area contributed by atoms with Crippen molar-refractivity contribution in [1.29, 1.82) is 0 Å². The third-order valence-corrected chi connectivity index (χ3v) is 3.71. The Kier molecular flexibility index (Phi) is 4.04. The molecule has 1 fully saturated rings. The standard InChI is InChI=1S/C14H18FNO3/c1-18-12-4-3-10(15)9-11(12)14(13(17)19-2)5-7-16-8-6-14/h3-4,9,16H,5-8H2,1-2H3. The van der Waals surface area contributed by atoms with Gasteiger partial charge in [-0.15, -0.1) is 0 Å². The molecule has 1 heterocycles. The van der Waals surface area contributed by atoms with Gasteiger partial charge in [-0.1, -0.05) is 0 Å². The molecule has 1 aromatic rings. The molecule has 5 heteroatoms. The first-order valence-corrected chi connectivity index (χ1v) is 6.27. The molecule has 1 aliphatic heterocycles. The van der Waals surface area contributed by atoms with E-state index in [2.05, 4.69) is 5.32 Å². The van der Waals surface area contributed by atoms with Crippen LogP contribution in [0.15, 0.2) is 18.2 Å². The third-order valence-electron chi connectivity index (χ3n) is 3.71. The van der Waals surface area contributed by atoms with Crippen LogP contribution in [0.5, 0.6) is 5.75 Å². The number of nitrogens with one attached hydrogen (secondary N) is 1. The van der Waals surface area contributed by atoms with Crippen LogP contribution in [-0.2, 0) is 14.9 Å². The number of piperidine rings is 1. The first-order valence-electron chi connectivity index (χ1n) is 6.27. The second-order valence-electron chi connectivity index (χ2n) is 4.67. The lowest BCUT2D eigenvalue weighted by molar-refractivity contribution is -0.148. The van der Waals surface area contributed by atoms with Crippen LogP contribution in [0.25, 0.3) is 0 Å². The minimum Gasteiger partial charge on any atom is -0.496 e. The van der Waals surface area contributed by atoms with E-state index in [9.17, 15) is 9.18 Å². The molecule has 0 radical (unpaired) electrons. The summed E-state index contributed by atoms with van der Waals surface area (Å²) in [5.41, 5.74) is -0.253. The molecule has 0 aromatic heterocycles. The second kappa shape index (κ2) is 5.57. The van der Waals surface area contributed by atoms with E-state index in [1.54, 1.807) is 6.07 Å². The van der Waals surface area contributed by atoms with Gasteiger partial charge in [0.25, 0.3) is 0 Å². The van der Waals surface area contributed by atoms with Crippen molar-refractivity contribution >= 4 is 5.97 Å². The van der Waals surface area contributed by atoms with Crippen molar-refractivity contribution in [2.75, 3.05) is 27.3 Å². The molecule has 0 aliphatic carbocycles. The summed E-state index contributed by atoms with van der Waals surface area (Å²) in [4.78, 5) is 12.2. The molecular formula is C14H18FNO3. The zero-order valence-corrected chi connectivity index (χ0v) is 11.2. The van der Waals surface area contributed by atoms with Gasteiger partial charge in [0, 0.05) is 5.56 Å². The second-order valence-corrected chi connectivity index (χ2v) is 4.67. The minimum atomic E-state index is -0.826. The van der Waals surface area contributed by atoms with Crippen LogP contribution in [0.1, 0.15) is 18.4 Å². The topological polar surface area (TPSA) is 47.6 Å². The van der Waals surface area contributed by atoms with E-state index in [-0.39, 0.29) is 11.8 Å². The van der Waals surface area contributed by atoms with Crippen molar-refractivity contribution < 1.29 is 18.7 Å². The largest absolute Gasteiger partial charge is 0.496 e. The molecule has 1 aliphatic rings. The Morgan fingerprint density at radius 3 is 2.58 bits per heavy atom. The summed E-state index contributed by atoms with van der Waals surface area (Å²) in [5.74, 6) is -0.191. The summed E-state index contributed by atoms with van der Waals surface area (Å²) in [6.07, 6.45) is 1.14. The van der Waals surface area contributed by atoms with Gasteiger partial charge in [-0.3, -0.25) is 4.79 Å². The van der Waals surface area contributed by atoms with Crippen molar-refractivity contribution in [1.82, 2.24) is 5.32 Å². The highest BCUT2D eigenvalue weighted by Gasteiger charge is 2.44.